The SMILES string of the molecule is C/C=C(/C)C(=O)O[C@@H]1c2cc(OC)c(OC)c(O)c2-c2c(cc3c(c2OC)OCO3)C[C@@H](C)[C@@]1(C)O. The Labute approximate surface area is 210 Å². The van der Waals surface area contributed by atoms with Crippen molar-refractivity contribution in [2.45, 2.75) is 45.8 Å². The molecule has 0 spiro atoms. The Morgan fingerprint density at radius 3 is 2.42 bits per heavy atom. The van der Waals surface area contributed by atoms with Gasteiger partial charge in [-0.15, -0.1) is 0 Å². The lowest BCUT2D eigenvalue weighted by molar-refractivity contribution is -0.166. The minimum atomic E-state index is -1.54. The van der Waals surface area contributed by atoms with Crippen LogP contribution in [0.25, 0.3) is 11.1 Å². The van der Waals surface area contributed by atoms with E-state index in [4.69, 9.17) is 28.4 Å². The molecule has 4 rings (SSSR count). The number of aromatic hydroxyl groups is 1. The van der Waals surface area contributed by atoms with Crippen molar-refractivity contribution in [1.29, 1.82) is 0 Å². The minimum Gasteiger partial charge on any atom is -0.504 e. The van der Waals surface area contributed by atoms with E-state index in [-0.39, 0.29) is 29.6 Å². The van der Waals surface area contributed by atoms with Gasteiger partial charge in [0.05, 0.1) is 21.3 Å². The van der Waals surface area contributed by atoms with Crippen molar-refractivity contribution in [3.05, 3.63) is 34.9 Å². The molecule has 9 nitrogen and oxygen atoms in total. The molecule has 3 atom stereocenters. The molecule has 9 heteroatoms. The van der Waals surface area contributed by atoms with Gasteiger partial charge in [0.2, 0.25) is 18.3 Å². The first-order chi connectivity index (χ1) is 17.1. The number of fused-ring (bicyclic) bond motifs is 4. The summed E-state index contributed by atoms with van der Waals surface area (Å²) < 4.78 is 34.0. The Morgan fingerprint density at radius 2 is 1.81 bits per heavy atom. The molecule has 2 N–H and O–H groups in total. The second kappa shape index (κ2) is 9.46. The van der Waals surface area contributed by atoms with E-state index in [1.54, 1.807) is 32.9 Å². The highest BCUT2D eigenvalue weighted by atomic mass is 16.7. The molecule has 0 unspecified atom stereocenters. The lowest BCUT2D eigenvalue weighted by Crippen LogP contribution is -2.43. The number of phenols is 1. The van der Waals surface area contributed by atoms with Crippen molar-refractivity contribution in [2.75, 3.05) is 28.1 Å². The normalized spacial score (nSPS) is 22.6. The molecule has 0 saturated heterocycles. The van der Waals surface area contributed by atoms with E-state index in [2.05, 4.69) is 0 Å². The quantitative estimate of drug-likeness (QED) is 0.458. The number of phenolic OH excluding ortho intramolecular Hbond substituents is 1. The molecule has 0 bridgehead atoms. The van der Waals surface area contributed by atoms with Crippen LogP contribution in [0.5, 0.6) is 34.5 Å². The van der Waals surface area contributed by atoms with Gasteiger partial charge in [0, 0.05) is 22.3 Å². The summed E-state index contributed by atoms with van der Waals surface area (Å²) in [5.41, 5.74) is 0.737. The molecule has 1 aliphatic carbocycles. The molecule has 194 valence electrons. The number of methoxy groups -OCH3 is 3. The van der Waals surface area contributed by atoms with Crippen LogP contribution < -0.4 is 23.7 Å². The van der Waals surface area contributed by atoms with Crippen LogP contribution in [0.1, 0.15) is 44.9 Å². The highest BCUT2D eigenvalue weighted by Gasteiger charge is 2.47. The highest BCUT2D eigenvalue weighted by Crippen LogP contribution is 2.58. The van der Waals surface area contributed by atoms with E-state index in [1.807, 2.05) is 13.0 Å². The Bertz CT molecular complexity index is 1230. The number of hydrogen-bond acceptors (Lipinski definition) is 9. The smallest absolute Gasteiger partial charge is 0.334 e. The highest BCUT2D eigenvalue weighted by molar-refractivity contribution is 5.90. The number of carbonyl (C=O) groups is 1. The van der Waals surface area contributed by atoms with Crippen LogP contribution in [0.4, 0.5) is 0 Å². The van der Waals surface area contributed by atoms with Gasteiger partial charge in [-0.1, -0.05) is 13.0 Å². The van der Waals surface area contributed by atoms with E-state index >= 15 is 0 Å². The van der Waals surface area contributed by atoms with Crippen molar-refractivity contribution in [3.8, 4) is 45.6 Å². The average Bonchev–Trinajstić information content (AvgIpc) is 3.33. The summed E-state index contributed by atoms with van der Waals surface area (Å²) in [6.45, 7) is 6.88. The van der Waals surface area contributed by atoms with Gasteiger partial charge in [-0.2, -0.15) is 0 Å². The van der Waals surface area contributed by atoms with Crippen LogP contribution in [-0.2, 0) is 16.0 Å². The monoisotopic (exact) mass is 500 g/mol. The summed E-state index contributed by atoms with van der Waals surface area (Å²) in [7, 11) is 4.35. The number of benzene rings is 2. The van der Waals surface area contributed by atoms with Gasteiger partial charge < -0.3 is 38.6 Å². The summed E-state index contributed by atoms with van der Waals surface area (Å²) in [5.74, 6) is 0.322. The number of allylic oxidation sites excluding steroid dienone is 1. The van der Waals surface area contributed by atoms with E-state index in [9.17, 15) is 15.0 Å². The first kappa shape index (κ1) is 25.5. The van der Waals surface area contributed by atoms with Crippen molar-refractivity contribution >= 4 is 5.97 Å². The maximum atomic E-state index is 12.9. The second-order valence-electron chi connectivity index (χ2n) is 9.19. The van der Waals surface area contributed by atoms with E-state index < -0.39 is 23.6 Å². The average molecular weight is 501 g/mol. The lowest BCUT2D eigenvalue weighted by Gasteiger charge is -2.41. The van der Waals surface area contributed by atoms with Crippen LogP contribution >= 0.6 is 0 Å². The molecule has 1 aliphatic heterocycles. The number of aliphatic hydroxyl groups is 1. The molecule has 36 heavy (non-hydrogen) atoms. The number of rotatable bonds is 5. The molecule has 0 amide bonds. The van der Waals surface area contributed by atoms with Crippen molar-refractivity contribution in [3.63, 3.8) is 0 Å². The Balaban J connectivity index is 2.14. The molecule has 0 saturated carbocycles. The number of esters is 1. The molecular formula is C27H32O9. The summed E-state index contributed by atoms with van der Waals surface area (Å²) >= 11 is 0. The molecule has 2 aliphatic rings. The predicted octanol–water partition coefficient (Wildman–Crippen LogP) is 4.31. The van der Waals surface area contributed by atoms with Gasteiger partial charge in [0.1, 0.15) is 5.60 Å². The summed E-state index contributed by atoms with van der Waals surface area (Å²) in [6, 6.07) is 3.43. The fraction of sp³-hybridized carbons (Fsp3) is 0.444. The van der Waals surface area contributed by atoms with Gasteiger partial charge in [-0.05, 0) is 50.8 Å². The van der Waals surface area contributed by atoms with E-state index in [1.165, 1.54) is 21.3 Å². The van der Waals surface area contributed by atoms with E-state index in [0.29, 0.717) is 40.4 Å². The fourth-order valence-corrected chi connectivity index (χ4v) is 4.77. The van der Waals surface area contributed by atoms with Crippen LogP contribution in [0.2, 0.25) is 0 Å². The van der Waals surface area contributed by atoms with Crippen molar-refractivity contribution in [1.82, 2.24) is 0 Å². The van der Waals surface area contributed by atoms with Gasteiger partial charge in [0.25, 0.3) is 0 Å². The fourth-order valence-electron chi connectivity index (χ4n) is 4.77. The van der Waals surface area contributed by atoms with E-state index in [0.717, 1.165) is 5.56 Å². The van der Waals surface area contributed by atoms with Crippen molar-refractivity contribution in [2.24, 2.45) is 5.92 Å². The zero-order chi connectivity index (χ0) is 26.4. The van der Waals surface area contributed by atoms with Gasteiger partial charge >= 0.3 is 5.97 Å². The zero-order valence-electron chi connectivity index (χ0n) is 21.6. The third-order valence-corrected chi connectivity index (χ3v) is 7.15. The van der Waals surface area contributed by atoms with Crippen LogP contribution in [0.3, 0.4) is 0 Å². The maximum Gasteiger partial charge on any atom is 0.334 e. The minimum absolute atomic E-state index is 0.0233. The van der Waals surface area contributed by atoms with Crippen LogP contribution in [0, 0.1) is 5.92 Å². The first-order valence-corrected chi connectivity index (χ1v) is 11.6. The summed E-state index contributed by atoms with van der Waals surface area (Å²) in [6.07, 6.45) is 0.827. The molecule has 0 fully saturated rings. The standard InChI is InChI=1S/C27H32O9/c1-8-13(2)26(29)36-25-16-11-17(31-5)22(32-6)21(28)20(16)19-15(9-14(3)27(25,4)30)10-18-23(24(19)33-7)35-12-34-18/h8,10-11,14,25,28,30H,9,12H2,1-7H3/b13-8-/t14-,25-,27-/m1/s1. The Hall–Kier alpha value is -3.59. The van der Waals surface area contributed by atoms with Crippen molar-refractivity contribution < 1.29 is 43.4 Å². The molecule has 1 heterocycles. The largest absolute Gasteiger partial charge is 0.504 e. The maximum absolute atomic E-state index is 12.9. The Morgan fingerprint density at radius 1 is 1.11 bits per heavy atom. The lowest BCUT2D eigenvalue weighted by atomic mass is 9.73. The number of hydrogen-bond donors (Lipinski definition) is 2. The topological polar surface area (TPSA) is 113 Å². The summed E-state index contributed by atoms with van der Waals surface area (Å²) in [5, 5.41) is 23.4. The third kappa shape index (κ3) is 3.87. The zero-order valence-corrected chi connectivity index (χ0v) is 21.6. The molecular weight excluding hydrogens is 468 g/mol. The third-order valence-electron chi connectivity index (χ3n) is 7.15. The Kier molecular flexibility index (Phi) is 6.70. The molecule has 0 radical (unpaired) electrons. The predicted molar refractivity (Wildman–Crippen MR) is 131 cm³/mol. The molecule has 2 aromatic rings. The van der Waals surface area contributed by atoms with Crippen LogP contribution in [0.15, 0.2) is 23.8 Å². The van der Waals surface area contributed by atoms with Gasteiger partial charge in [0.15, 0.2) is 29.1 Å². The second-order valence-corrected chi connectivity index (χ2v) is 9.19. The summed E-state index contributed by atoms with van der Waals surface area (Å²) in [4.78, 5) is 12.9. The van der Waals surface area contributed by atoms with Gasteiger partial charge in [-0.3, -0.25) is 0 Å². The number of carbonyl (C=O) groups excluding carboxylic acids is 1. The van der Waals surface area contributed by atoms with Crippen LogP contribution in [-0.4, -0.2) is 49.9 Å². The first-order valence-electron chi connectivity index (χ1n) is 11.6. The molecule has 0 aromatic heterocycles. The van der Waals surface area contributed by atoms with Gasteiger partial charge in [-0.25, -0.2) is 4.79 Å². The number of ether oxygens (including phenoxy) is 6. The molecule has 2 aromatic carbocycles.